The van der Waals surface area contributed by atoms with E-state index in [9.17, 15) is 23.3 Å². The molecule has 4 aromatic rings. The molecule has 0 unspecified atom stereocenters. The number of aromatic nitrogens is 3. The van der Waals surface area contributed by atoms with Crippen LogP contribution in [-0.4, -0.2) is 19.9 Å². The summed E-state index contributed by atoms with van der Waals surface area (Å²) < 4.78 is 39.8. The molecular formula is C19H13F3N6O2S. The quantitative estimate of drug-likeness (QED) is 0.294. The molecule has 0 atom stereocenters. The maximum absolute atomic E-state index is 13.0. The highest BCUT2D eigenvalue weighted by Crippen LogP contribution is 2.37. The number of alkyl halides is 3. The fourth-order valence-corrected chi connectivity index (χ4v) is 3.83. The van der Waals surface area contributed by atoms with Crippen LogP contribution >= 0.6 is 11.3 Å². The standard InChI is InChI=1S/C19H13F3N6O2S/c1-10-4-2-7-13-14(10)26-18(31-13)27-17-15(28(29)30)16(23-9-24-17)25-12-6-3-5-11(8-12)19(20,21)22/h2-9H,1H3,(H2,23,24,25,26,27). The van der Waals surface area contributed by atoms with Crippen molar-refractivity contribution in [2.75, 3.05) is 10.6 Å². The van der Waals surface area contributed by atoms with E-state index in [2.05, 4.69) is 25.6 Å². The van der Waals surface area contributed by atoms with Gasteiger partial charge in [-0.2, -0.15) is 13.2 Å². The van der Waals surface area contributed by atoms with E-state index in [-0.39, 0.29) is 17.3 Å². The second-order valence-electron chi connectivity index (χ2n) is 6.45. The number of aryl methyl sites for hydroxylation is 1. The molecule has 2 aromatic carbocycles. The lowest BCUT2D eigenvalue weighted by Gasteiger charge is -2.11. The zero-order valence-corrected chi connectivity index (χ0v) is 16.6. The summed E-state index contributed by atoms with van der Waals surface area (Å²) in [4.78, 5) is 23.2. The first-order chi connectivity index (χ1) is 14.7. The van der Waals surface area contributed by atoms with Gasteiger partial charge in [0.05, 0.1) is 20.7 Å². The minimum atomic E-state index is -4.55. The zero-order chi connectivity index (χ0) is 22.2. The van der Waals surface area contributed by atoms with E-state index in [4.69, 9.17) is 0 Å². The van der Waals surface area contributed by atoms with Crippen molar-refractivity contribution >= 4 is 49.7 Å². The second-order valence-corrected chi connectivity index (χ2v) is 7.48. The van der Waals surface area contributed by atoms with Crippen LogP contribution in [0.3, 0.4) is 0 Å². The Balaban J connectivity index is 1.70. The van der Waals surface area contributed by atoms with Crippen molar-refractivity contribution in [2.24, 2.45) is 0 Å². The van der Waals surface area contributed by atoms with Crippen molar-refractivity contribution in [2.45, 2.75) is 13.1 Å². The number of hydrogen-bond donors (Lipinski definition) is 2. The van der Waals surface area contributed by atoms with Gasteiger partial charge >= 0.3 is 11.9 Å². The Bertz CT molecular complexity index is 1290. The fourth-order valence-electron chi connectivity index (χ4n) is 2.89. The lowest BCUT2D eigenvalue weighted by Crippen LogP contribution is -2.07. The Labute approximate surface area is 177 Å². The predicted molar refractivity (Wildman–Crippen MR) is 111 cm³/mol. The number of nitrogens with one attached hydrogen (secondary N) is 2. The van der Waals surface area contributed by atoms with Crippen LogP contribution in [0.25, 0.3) is 10.2 Å². The number of benzene rings is 2. The van der Waals surface area contributed by atoms with E-state index in [1.54, 1.807) is 0 Å². The highest BCUT2D eigenvalue weighted by atomic mass is 32.1. The first-order valence-electron chi connectivity index (χ1n) is 8.79. The van der Waals surface area contributed by atoms with E-state index in [0.717, 1.165) is 34.2 Å². The zero-order valence-electron chi connectivity index (χ0n) is 15.8. The van der Waals surface area contributed by atoms with Crippen LogP contribution in [0.4, 0.5) is 41.3 Å². The van der Waals surface area contributed by atoms with Crippen LogP contribution in [0.1, 0.15) is 11.1 Å². The Kier molecular flexibility index (Phi) is 5.15. The molecule has 0 bridgehead atoms. The molecule has 0 saturated carbocycles. The van der Waals surface area contributed by atoms with Crippen molar-refractivity contribution in [3.05, 3.63) is 70.0 Å². The molecule has 2 heterocycles. The number of thiazole rings is 1. The van der Waals surface area contributed by atoms with Gasteiger partial charge in [-0.15, -0.1) is 0 Å². The summed E-state index contributed by atoms with van der Waals surface area (Å²) in [6.07, 6.45) is -3.48. The number of halogens is 3. The molecule has 31 heavy (non-hydrogen) atoms. The summed E-state index contributed by atoms with van der Waals surface area (Å²) in [5, 5.41) is 17.5. The summed E-state index contributed by atoms with van der Waals surface area (Å²) in [5.74, 6) is -0.384. The van der Waals surface area contributed by atoms with Crippen LogP contribution in [0.5, 0.6) is 0 Å². The number of hydrogen-bond acceptors (Lipinski definition) is 8. The molecule has 0 fully saturated rings. The van der Waals surface area contributed by atoms with E-state index < -0.39 is 22.4 Å². The molecule has 0 spiro atoms. The van der Waals surface area contributed by atoms with E-state index >= 15 is 0 Å². The Morgan fingerprint density at radius 3 is 2.45 bits per heavy atom. The first kappa shape index (κ1) is 20.5. The van der Waals surface area contributed by atoms with E-state index in [0.29, 0.717) is 5.13 Å². The van der Waals surface area contributed by atoms with Crippen LogP contribution < -0.4 is 10.6 Å². The molecule has 12 heteroatoms. The fraction of sp³-hybridized carbons (Fsp3) is 0.105. The predicted octanol–water partition coefficient (Wildman–Crippen LogP) is 5.81. The summed E-state index contributed by atoms with van der Waals surface area (Å²) in [5.41, 5.74) is 0.298. The van der Waals surface area contributed by atoms with Gasteiger partial charge in [-0.1, -0.05) is 29.5 Å². The molecule has 4 rings (SSSR count). The van der Waals surface area contributed by atoms with Gasteiger partial charge < -0.3 is 10.6 Å². The first-order valence-corrected chi connectivity index (χ1v) is 9.61. The maximum Gasteiger partial charge on any atom is 0.416 e. The van der Waals surface area contributed by atoms with Crippen molar-refractivity contribution in [1.29, 1.82) is 0 Å². The summed E-state index contributed by atoms with van der Waals surface area (Å²) in [6.45, 7) is 1.90. The second kappa shape index (κ2) is 7.80. The van der Waals surface area contributed by atoms with Crippen molar-refractivity contribution in [3.63, 3.8) is 0 Å². The molecule has 0 amide bonds. The van der Waals surface area contributed by atoms with E-state index in [1.165, 1.54) is 23.5 Å². The molecule has 0 saturated heterocycles. The number of nitro groups is 1. The van der Waals surface area contributed by atoms with Gasteiger partial charge in [0.25, 0.3) is 0 Å². The Hall–Kier alpha value is -3.80. The van der Waals surface area contributed by atoms with Gasteiger partial charge in [-0.3, -0.25) is 10.1 Å². The molecule has 0 aliphatic rings. The molecule has 0 aliphatic carbocycles. The van der Waals surface area contributed by atoms with Gasteiger partial charge in [-0.05, 0) is 36.8 Å². The van der Waals surface area contributed by atoms with Crippen LogP contribution in [0.15, 0.2) is 48.8 Å². The third-order valence-corrected chi connectivity index (χ3v) is 5.24. The molecule has 0 aliphatic heterocycles. The monoisotopic (exact) mass is 446 g/mol. The van der Waals surface area contributed by atoms with Gasteiger partial charge in [0.2, 0.25) is 11.6 Å². The molecule has 158 valence electrons. The summed E-state index contributed by atoms with van der Waals surface area (Å²) in [7, 11) is 0. The largest absolute Gasteiger partial charge is 0.416 e. The summed E-state index contributed by atoms with van der Waals surface area (Å²) >= 11 is 1.29. The number of para-hydroxylation sites is 1. The Morgan fingerprint density at radius 1 is 1.06 bits per heavy atom. The number of nitrogens with zero attached hydrogens (tertiary/aromatic N) is 4. The Morgan fingerprint density at radius 2 is 1.77 bits per heavy atom. The SMILES string of the molecule is Cc1cccc2sc(Nc3ncnc(Nc4cccc(C(F)(F)F)c4)c3[N+](=O)[O-])nc12. The van der Waals surface area contributed by atoms with Crippen molar-refractivity contribution in [3.8, 4) is 0 Å². The highest BCUT2D eigenvalue weighted by molar-refractivity contribution is 7.22. The van der Waals surface area contributed by atoms with Crippen molar-refractivity contribution < 1.29 is 18.1 Å². The van der Waals surface area contributed by atoms with Crippen LogP contribution in [0.2, 0.25) is 0 Å². The lowest BCUT2D eigenvalue weighted by molar-refractivity contribution is -0.383. The normalized spacial score (nSPS) is 11.5. The number of rotatable bonds is 5. The molecular weight excluding hydrogens is 433 g/mol. The highest BCUT2D eigenvalue weighted by Gasteiger charge is 2.31. The molecule has 2 aromatic heterocycles. The van der Waals surface area contributed by atoms with Gasteiger partial charge in [0.1, 0.15) is 6.33 Å². The van der Waals surface area contributed by atoms with Gasteiger partial charge in [0, 0.05) is 5.69 Å². The summed E-state index contributed by atoms with van der Waals surface area (Å²) in [6, 6.07) is 9.95. The number of fused-ring (bicyclic) bond motifs is 1. The smallest absolute Gasteiger partial charge is 0.334 e. The molecule has 0 radical (unpaired) electrons. The minimum Gasteiger partial charge on any atom is -0.334 e. The van der Waals surface area contributed by atoms with Gasteiger partial charge in [0.15, 0.2) is 5.13 Å². The minimum absolute atomic E-state index is 0.00168. The lowest BCUT2D eigenvalue weighted by atomic mass is 10.2. The third-order valence-electron chi connectivity index (χ3n) is 4.30. The average molecular weight is 446 g/mol. The third kappa shape index (κ3) is 4.23. The topological polar surface area (TPSA) is 106 Å². The maximum atomic E-state index is 13.0. The average Bonchev–Trinajstić information content (AvgIpc) is 3.11. The molecule has 2 N–H and O–H groups in total. The van der Waals surface area contributed by atoms with Crippen LogP contribution in [0, 0.1) is 17.0 Å². The van der Waals surface area contributed by atoms with Gasteiger partial charge in [-0.25, -0.2) is 15.0 Å². The van der Waals surface area contributed by atoms with Crippen molar-refractivity contribution in [1.82, 2.24) is 15.0 Å². The van der Waals surface area contributed by atoms with Crippen LogP contribution in [-0.2, 0) is 6.18 Å². The molecule has 8 nitrogen and oxygen atoms in total. The van der Waals surface area contributed by atoms with E-state index in [1.807, 2.05) is 25.1 Å². The number of anilines is 4.